The second kappa shape index (κ2) is 8.69. The van der Waals surface area contributed by atoms with Gasteiger partial charge in [0.2, 0.25) is 5.91 Å². The van der Waals surface area contributed by atoms with Gasteiger partial charge >= 0.3 is 6.18 Å². The van der Waals surface area contributed by atoms with Crippen molar-refractivity contribution in [2.75, 3.05) is 20.3 Å². The maximum absolute atomic E-state index is 13.7. The number of ether oxygens (including phenoxy) is 1. The van der Waals surface area contributed by atoms with Crippen molar-refractivity contribution in [1.82, 2.24) is 9.88 Å². The average Bonchev–Trinajstić information content (AvgIpc) is 3.02. The first-order valence-corrected chi connectivity index (χ1v) is 9.28. The molecule has 2 aromatic carbocycles. The quantitative estimate of drug-likeness (QED) is 0.590. The van der Waals surface area contributed by atoms with Crippen LogP contribution in [0.2, 0.25) is 0 Å². The zero-order valence-corrected chi connectivity index (χ0v) is 16.3. The van der Waals surface area contributed by atoms with Crippen LogP contribution in [0.4, 0.5) is 13.2 Å². The van der Waals surface area contributed by atoms with Crippen molar-refractivity contribution in [1.29, 1.82) is 0 Å². The van der Waals surface area contributed by atoms with Gasteiger partial charge in [0.05, 0.1) is 12.2 Å². The number of aromatic nitrogens is 1. The summed E-state index contributed by atoms with van der Waals surface area (Å²) in [4.78, 5) is 12.5. The van der Waals surface area contributed by atoms with Crippen LogP contribution in [0.3, 0.4) is 0 Å². The van der Waals surface area contributed by atoms with Crippen molar-refractivity contribution in [3.63, 3.8) is 0 Å². The van der Waals surface area contributed by atoms with Gasteiger partial charge in [-0.15, -0.1) is 0 Å². The van der Waals surface area contributed by atoms with Crippen molar-refractivity contribution in [2.24, 2.45) is 7.05 Å². The van der Waals surface area contributed by atoms with E-state index < -0.39 is 17.7 Å². The second-order valence-electron chi connectivity index (χ2n) is 6.90. The van der Waals surface area contributed by atoms with E-state index >= 15 is 0 Å². The first-order valence-electron chi connectivity index (χ1n) is 9.28. The van der Waals surface area contributed by atoms with Gasteiger partial charge in [0.15, 0.2) is 0 Å². The van der Waals surface area contributed by atoms with Gasteiger partial charge in [-0.2, -0.15) is 13.2 Å². The molecule has 0 bridgehead atoms. The number of rotatable bonds is 7. The lowest BCUT2D eigenvalue weighted by atomic mass is 9.85. The Morgan fingerprint density at radius 3 is 2.52 bits per heavy atom. The normalized spacial score (nSPS) is 12.9. The Kier molecular flexibility index (Phi) is 6.27. The molecule has 0 radical (unpaired) electrons. The van der Waals surface area contributed by atoms with Gasteiger partial charge in [0.25, 0.3) is 0 Å². The standard InChI is InChI=1S/C22H23F3N2O2/c1-27-14-18(16-8-4-6-10-20(16)27)17(13-21(28)26-11-12-29-2)15-7-3-5-9-19(15)22(23,24)25/h3-10,14,17H,11-13H2,1-2H3,(H,26,28)/t17-/m1/s1. The number of aryl methyl sites for hydroxylation is 1. The van der Waals surface area contributed by atoms with Crippen molar-refractivity contribution in [3.05, 3.63) is 71.4 Å². The van der Waals surface area contributed by atoms with E-state index in [4.69, 9.17) is 4.74 Å². The zero-order chi connectivity index (χ0) is 21.0. The second-order valence-corrected chi connectivity index (χ2v) is 6.90. The van der Waals surface area contributed by atoms with Crippen LogP contribution in [0.25, 0.3) is 10.9 Å². The van der Waals surface area contributed by atoms with Crippen molar-refractivity contribution >= 4 is 16.8 Å². The van der Waals surface area contributed by atoms with E-state index in [1.54, 1.807) is 6.07 Å². The summed E-state index contributed by atoms with van der Waals surface area (Å²) in [5.74, 6) is -1.06. The number of nitrogens with one attached hydrogen (secondary N) is 1. The molecule has 0 unspecified atom stereocenters. The van der Waals surface area contributed by atoms with Crippen LogP contribution in [-0.2, 0) is 22.8 Å². The predicted octanol–water partition coefficient (Wildman–Crippen LogP) is 4.48. The van der Waals surface area contributed by atoms with Crippen LogP contribution in [-0.4, -0.2) is 30.7 Å². The molecule has 0 aliphatic carbocycles. The average molecular weight is 404 g/mol. The van der Waals surface area contributed by atoms with E-state index in [1.807, 2.05) is 42.1 Å². The van der Waals surface area contributed by atoms with Gasteiger partial charge in [0, 0.05) is 50.1 Å². The van der Waals surface area contributed by atoms with Gasteiger partial charge in [-0.3, -0.25) is 4.79 Å². The lowest BCUT2D eigenvalue weighted by Crippen LogP contribution is -2.29. The van der Waals surface area contributed by atoms with Gasteiger partial charge in [-0.1, -0.05) is 36.4 Å². The minimum Gasteiger partial charge on any atom is -0.383 e. The molecular formula is C22H23F3N2O2. The number of benzene rings is 2. The Morgan fingerprint density at radius 1 is 1.10 bits per heavy atom. The van der Waals surface area contributed by atoms with E-state index in [-0.39, 0.29) is 17.9 Å². The van der Waals surface area contributed by atoms with E-state index in [0.717, 1.165) is 17.0 Å². The van der Waals surface area contributed by atoms with Crippen molar-refractivity contribution < 1.29 is 22.7 Å². The highest BCUT2D eigenvalue weighted by Crippen LogP contribution is 2.41. The number of fused-ring (bicyclic) bond motifs is 1. The molecule has 29 heavy (non-hydrogen) atoms. The maximum atomic E-state index is 13.7. The zero-order valence-electron chi connectivity index (χ0n) is 16.3. The third-order valence-electron chi connectivity index (χ3n) is 4.96. The molecule has 0 spiro atoms. The minimum absolute atomic E-state index is 0.0924. The topological polar surface area (TPSA) is 43.3 Å². The monoisotopic (exact) mass is 404 g/mol. The predicted molar refractivity (Wildman–Crippen MR) is 106 cm³/mol. The van der Waals surface area contributed by atoms with Crippen LogP contribution >= 0.6 is 0 Å². The Hall–Kier alpha value is -2.80. The number of para-hydroxylation sites is 1. The van der Waals surface area contributed by atoms with E-state index in [1.165, 1.54) is 19.2 Å². The summed E-state index contributed by atoms with van der Waals surface area (Å²) in [5, 5.41) is 3.55. The number of hydrogen-bond acceptors (Lipinski definition) is 2. The first kappa shape index (κ1) is 20.9. The van der Waals surface area contributed by atoms with E-state index in [0.29, 0.717) is 18.7 Å². The number of carbonyl (C=O) groups excluding carboxylic acids is 1. The molecule has 7 heteroatoms. The molecule has 1 atom stereocenters. The molecule has 1 aromatic heterocycles. The van der Waals surface area contributed by atoms with Gasteiger partial charge in [-0.25, -0.2) is 0 Å². The molecular weight excluding hydrogens is 381 g/mol. The third kappa shape index (κ3) is 4.62. The van der Waals surface area contributed by atoms with Crippen molar-refractivity contribution in [3.8, 4) is 0 Å². The lowest BCUT2D eigenvalue weighted by Gasteiger charge is -2.21. The molecule has 0 aliphatic rings. The summed E-state index contributed by atoms with van der Waals surface area (Å²) in [6.45, 7) is 0.641. The molecule has 0 fully saturated rings. The van der Waals surface area contributed by atoms with Gasteiger partial charge < -0.3 is 14.6 Å². The first-order chi connectivity index (χ1) is 13.8. The Morgan fingerprint density at radius 2 is 1.79 bits per heavy atom. The summed E-state index contributed by atoms with van der Waals surface area (Å²) in [6, 6.07) is 13.0. The molecule has 0 saturated carbocycles. The van der Waals surface area contributed by atoms with Crippen LogP contribution in [0.5, 0.6) is 0 Å². The molecule has 1 N–H and O–H groups in total. The summed E-state index contributed by atoms with van der Waals surface area (Å²) in [5.41, 5.74) is 0.972. The minimum atomic E-state index is -4.51. The number of alkyl halides is 3. The highest BCUT2D eigenvalue weighted by Gasteiger charge is 2.36. The fourth-order valence-corrected chi connectivity index (χ4v) is 3.65. The molecule has 3 rings (SSSR count). The molecule has 154 valence electrons. The Labute approximate surface area is 167 Å². The Balaban J connectivity index is 2.09. The van der Waals surface area contributed by atoms with Crippen LogP contribution < -0.4 is 5.32 Å². The van der Waals surface area contributed by atoms with E-state index in [2.05, 4.69) is 5.32 Å². The molecule has 4 nitrogen and oxygen atoms in total. The van der Waals surface area contributed by atoms with Crippen LogP contribution in [0.1, 0.15) is 29.0 Å². The molecule has 0 saturated heterocycles. The van der Waals surface area contributed by atoms with Gasteiger partial charge in [0.1, 0.15) is 0 Å². The number of carbonyl (C=O) groups is 1. The molecule has 3 aromatic rings. The van der Waals surface area contributed by atoms with Gasteiger partial charge in [-0.05, 0) is 23.3 Å². The van der Waals surface area contributed by atoms with Crippen LogP contribution in [0.15, 0.2) is 54.7 Å². The highest BCUT2D eigenvalue weighted by molar-refractivity contribution is 5.86. The molecule has 1 amide bonds. The van der Waals surface area contributed by atoms with Crippen LogP contribution in [0, 0.1) is 0 Å². The summed E-state index contributed by atoms with van der Waals surface area (Å²) >= 11 is 0. The number of halogens is 3. The lowest BCUT2D eigenvalue weighted by molar-refractivity contribution is -0.138. The summed E-state index contributed by atoms with van der Waals surface area (Å²) < 4.78 is 47.9. The molecule has 0 aliphatic heterocycles. The SMILES string of the molecule is COCCNC(=O)C[C@H](c1ccccc1C(F)(F)F)c1cn(C)c2ccccc12. The largest absolute Gasteiger partial charge is 0.416 e. The Bertz CT molecular complexity index is 995. The third-order valence-corrected chi connectivity index (χ3v) is 4.96. The summed E-state index contributed by atoms with van der Waals surface area (Å²) in [7, 11) is 3.36. The maximum Gasteiger partial charge on any atom is 0.416 e. The number of nitrogens with zero attached hydrogens (tertiary/aromatic N) is 1. The fraction of sp³-hybridized carbons (Fsp3) is 0.318. The molecule has 1 heterocycles. The number of hydrogen-bond donors (Lipinski definition) is 1. The van der Waals surface area contributed by atoms with Crippen molar-refractivity contribution in [2.45, 2.75) is 18.5 Å². The number of amides is 1. The highest BCUT2D eigenvalue weighted by atomic mass is 19.4. The van der Waals surface area contributed by atoms with E-state index in [9.17, 15) is 18.0 Å². The fourth-order valence-electron chi connectivity index (χ4n) is 3.65. The number of methoxy groups -OCH3 is 1. The summed E-state index contributed by atoms with van der Waals surface area (Å²) in [6.07, 6.45) is -2.79. The smallest absolute Gasteiger partial charge is 0.383 e.